The van der Waals surface area contributed by atoms with Crippen molar-refractivity contribution >= 4 is 5.95 Å². The van der Waals surface area contributed by atoms with E-state index < -0.39 is 11.8 Å². The lowest BCUT2D eigenvalue weighted by Gasteiger charge is -2.38. The Balaban J connectivity index is 2.10. The fourth-order valence-corrected chi connectivity index (χ4v) is 1.64. The molecule has 1 aliphatic rings. The first-order chi connectivity index (χ1) is 7.09. The van der Waals surface area contributed by atoms with Crippen molar-refractivity contribution in [3.8, 4) is 0 Å². The van der Waals surface area contributed by atoms with Crippen LogP contribution in [0.1, 0.15) is 13.3 Å². The summed E-state index contributed by atoms with van der Waals surface area (Å²) in [6.45, 7) is 2.26. The molecule has 0 spiro atoms. The second-order valence-electron chi connectivity index (χ2n) is 4.07. The first-order valence-electron chi connectivity index (χ1n) is 4.98. The van der Waals surface area contributed by atoms with Gasteiger partial charge in [-0.05, 0) is 19.4 Å². The molecule has 1 fully saturated rings. The van der Waals surface area contributed by atoms with E-state index in [9.17, 15) is 9.50 Å². The van der Waals surface area contributed by atoms with Crippen molar-refractivity contribution in [2.24, 2.45) is 0 Å². The number of halogens is 1. The molecule has 2 rings (SSSR count). The van der Waals surface area contributed by atoms with Gasteiger partial charge in [0.25, 0.3) is 0 Å². The summed E-state index contributed by atoms with van der Waals surface area (Å²) in [6, 6.07) is 1.72. The Kier molecular flexibility index (Phi) is 2.56. The number of hydrogen-bond donors (Lipinski definition) is 1. The molecule has 1 aromatic rings. The quantitative estimate of drug-likeness (QED) is 0.745. The molecule has 0 amide bonds. The Morgan fingerprint density at radius 1 is 1.53 bits per heavy atom. The maximum Gasteiger partial charge on any atom is 0.225 e. The standard InChI is InChI=1S/C10H14FN3O/c1-10(15)3-6-14(7-8(10)11)9-12-4-2-5-13-9/h2,4-5,8,15H,3,6-7H2,1H3/t8-,10+/m1/s1. The van der Waals surface area contributed by atoms with Gasteiger partial charge in [-0.15, -0.1) is 0 Å². The lowest BCUT2D eigenvalue weighted by molar-refractivity contribution is -0.0332. The van der Waals surface area contributed by atoms with Gasteiger partial charge >= 0.3 is 0 Å². The minimum absolute atomic E-state index is 0.150. The van der Waals surface area contributed by atoms with Gasteiger partial charge in [0.1, 0.15) is 6.17 Å². The molecule has 1 aromatic heterocycles. The van der Waals surface area contributed by atoms with Crippen LogP contribution in [-0.2, 0) is 0 Å². The Labute approximate surface area is 87.8 Å². The van der Waals surface area contributed by atoms with Crippen LogP contribution in [0, 0.1) is 0 Å². The molecule has 0 saturated carbocycles. The number of aliphatic hydroxyl groups is 1. The summed E-state index contributed by atoms with van der Waals surface area (Å²) in [4.78, 5) is 9.85. The van der Waals surface area contributed by atoms with Crippen LogP contribution in [-0.4, -0.2) is 39.9 Å². The minimum Gasteiger partial charge on any atom is -0.387 e. The number of rotatable bonds is 1. The van der Waals surface area contributed by atoms with E-state index in [0.717, 1.165) is 0 Å². The average Bonchev–Trinajstić information content (AvgIpc) is 2.23. The number of aromatic nitrogens is 2. The number of piperidine rings is 1. The van der Waals surface area contributed by atoms with Gasteiger partial charge in [-0.1, -0.05) is 0 Å². The molecule has 1 N–H and O–H groups in total. The van der Waals surface area contributed by atoms with E-state index in [4.69, 9.17) is 0 Å². The molecule has 1 aliphatic heterocycles. The van der Waals surface area contributed by atoms with Crippen LogP contribution >= 0.6 is 0 Å². The van der Waals surface area contributed by atoms with Gasteiger partial charge in [-0.2, -0.15) is 0 Å². The fraction of sp³-hybridized carbons (Fsp3) is 0.600. The highest BCUT2D eigenvalue weighted by atomic mass is 19.1. The van der Waals surface area contributed by atoms with Gasteiger partial charge in [0, 0.05) is 18.9 Å². The SMILES string of the molecule is C[C@]1(O)CCN(c2ncccn2)C[C@H]1F. The fourth-order valence-electron chi connectivity index (χ4n) is 1.64. The molecule has 15 heavy (non-hydrogen) atoms. The normalized spacial score (nSPS) is 31.7. The van der Waals surface area contributed by atoms with E-state index in [-0.39, 0.29) is 6.54 Å². The molecular formula is C10H14FN3O. The van der Waals surface area contributed by atoms with Crippen LogP contribution in [0.25, 0.3) is 0 Å². The van der Waals surface area contributed by atoms with E-state index in [1.165, 1.54) is 6.92 Å². The van der Waals surface area contributed by atoms with Gasteiger partial charge < -0.3 is 10.0 Å². The Hall–Kier alpha value is -1.23. The summed E-state index contributed by atoms with van der Waals surface area (Å²) in [5, 5.41) is 9.67. The zero-order chi connectivity index (χ0) is 10.9. The molecule has 2 heterocycles. The highest BCUT2D eigenvalue weighted by Gasteiger charge is 2.38. The van der Waals surface area contributed by atoms with Crippen molar-refractivity contribution < 1.29 is 9.50 Å². The molecule has 5 heteroatoms. The lowest BCUT2D eigenvalue weighted by Crippen LogP contribution is -2.52. The first-order valence-corrected chi connectivity index (χ1v) is 4.98. The summed E-state index contributed by atoms with van der Waals surface area (Å²) < 4.78 is 13.5. The van der Waals surface area contributed by atoms with Crippen LogP contribution in [0.5, 0.6) is 0 Å². The van der Waals surface area contributed by atoms with Gasteiger partial charge in [-0.3, -0.25) is 0 Å². The number of anilines is 1. The van der Waals surface area contributed by atoms with Crippen molar-refractivity contribution in [1.82, 2.24) is 9.97 Å². The van der Waals surface area contributed by atoms with Gasteiger partial charge in [0.15, 0.2) is 0 Å². The number of hydrogen-bond acceptors (Lipinski definition) is 4. The van der Waals surface area contributed by atoms with Crippen LogP contribution in [0.2, 0.25) is 0 Å². The van der Waals surface area contributed by atoms with Crippen LogP contribution < -0.4 is 4.90 Å². The maximum atomic E-state index is 13.5. The highest BCUT2D eigenvalue weighted by molar-refractivity contribution is 5.30. The summed E-state index contributed by atoms with van der Waals surface area (Å²) in [6.07, 6.45) is 2.40. The predicted octanol–water partition coefficient (Wildman–Crippen LogP) is 0.776. The molecule has 4 nitrogen and oxygen atoms in total. The molecule has 82 valence electrons. The van der Waals surface area contributed by atoms with E-state index in [2.05, 4.69) is 9.97 Å². The van der Waals surface area contributed by atoms with E-state index in [1.807, 2.05) is 0 Å². The third kappa shape index (κ3) is 2.07. The molecule has 1 saturated heterocycles. The topological polar surface area (TPSA) is 49.2 Å². The van der Waals surface area contributed by atoms with Crippen molar-refractivity contribution in [2.75, 3.05) is 18.0 Å². The largest absolute Gasteiger partial charge is 0.387 e. The second kappa shape index (κ2) is 3.73. The zero-order valence-corrected chi connectivity index (χ0v) is 8.60. The molecular weight excluding hydrogens is 197 g/mol. The Morgan fingerprint density at radius 2 is 2.20 bits per heavy atom. The maximum absolute atomic E-state index is 13.5. The molecule has 0 bridgehead atoms. The average molecular weight is 211 g/mol. The zero-order valence-electron chi connectivity index (χ0n) is 8.60. The van der Waals surface area contributed by atoms with Crippen molar-refractivity contribution in [2.45, 2.75) is 25.1 Å². The minimum atomic E-state index is -1.25. The van der Waals surface area contributed by atoms with Gasteiger partial charge in [-0.25, -0.2) is 14.4 Å². The van der Waals surface area contributed by atoms with Crippen molar-refractivity contribution in [1.29, 1.82) is 0 Å². The molecule has 2 atom stereocenters. The predicted molar refractivity (Wildman–Crippen MR) is 54.4 cm³/mol. The smallest absolute Gasteiger partial charge is 0.225 e. The number of nitrogens with zero attached hydrogens (tertiary/aromatic N) is 3. The van der Waals surface area contributed by atoms with Crippen molar-refractivity contribution in [3.63, 3.8) is 0 Å². The molecule has 0 aliphatic carbocycles. The Morgan fingerprint density at radius 3 is 2.80 bits per heavy atom. The summed E-state index contributed by atoms with van der Waals surface area (Å²) in [5.41, 5.74) is -1.22. The molecule has 0 aromatic carbocycles. The van der Waals surface area contributed by atoms with Crippen LogP contribution in [0.3, 0.4) is 0 Å². The highest BCUT2D eigenvalue weighted by Crippen LogP contribution is 2.26. The van der Waals surface area contributed by atoms with Crippen LogP contribution in [0.4, 0.5) is 10.3 Å². The molecule has 0 radical (unpaired) electrons. The third-order valence-corrected chi connectivity index (χ3v) is 2.78. The number of alkyl halides is 1. The molecule has 0 unspecified atom stereocenters. The summed E-state index contributed by atoms with van der Waals surface area (Å²) in [5.74, 6) is 0.524. The first kappa shape index (κ1) is 10.3. The van der Waals surface area contributed by atoms with Crippen molar-refractivity contribution in [3.05, 3.63) is 18.5 Å². The van der Waals surface area contributed by atoms with Crippen LogP contribution in [0.15, 0.2) is 18.5 Å². The monoisotopic (exact) mass is 211 g/mol. The third-order valence-electron chi connectivity index (χ3n) is 2.78. The van der Waals surface area contributed by atoms with Gasteiger partial charge in [0.05, 0.1) is 12.1 Å². The van der Waals surface area contributed by atoms with E-state index >= 15 is 0 Å². The van der Waals surface area contributed by atoms with Gasteiger partial charge in [0.2, 0.25) is 5.95 Å². The lowest BCUT2D eigenvalue weighted by atomic mass is 9.92. The Bertz CT molecular complexity index is 331. The van der Waals surface area contributed by atoms with E-state index in [1.54, 1.807) is 23.4 Å². The summed E-state index contributed by atoms with van der Waals surface area (Å²) >= 11 is 0. The van der Waals surface area contributed by atoms with E-state index in [0.29, 0.717) is 18.9 Å². The second-order valence-corrected chi connectivity index (χ2v) is 4.07. The summed E-state index contributed by atoms with van der Waals surface area (Å²) in [7, 11) is 0.